The summed E-state index contributed by atoms with van der Waals surface area (Å²) in [5.74, 6) is 0.173. The largest absolute Gasteiger partial charge is 0.482 e. The Morgan fingerprint density at radius 1 is 1.23 bits per heavy atom. The maximum Gasteiger partial charge on any atom is 0.250 e. The number of piperazine rings is 1. The second-order valence-electron chi connectivity index (χ2n) is 11.2. The quantitative estimate of drug-likeness (QED) is 0.411. The number of hydrogen-bond acceptors (Lipinski definition) is 7. The topological polar surface area (TPSA) is 117 Å². The minimum absolute atomic E-state index is 0.0162. The molecule has 2 N–H and O–H groups in total. The lowest BCUT2D eigenvalue weighted by Crippen LogP contribution is -2.54. The maximum atomic E-state index is 13.6. The smallest absolute Gasteiger partial charge is 0.250 e. The van der Waals surface area contributed by atoms with E-state index in [-0.39, 0.29) is 30.2 Å². The molecule has 1 aliphatic heterocycles. The number of pyridine rings is 2. The summed E-state index contributed by atoms with van der Waals surface area (Å²) < 4.78 is 6.62. The molecule has 0 aromatic carbocycles. The zero-order chi connectivity index (χ0) is 31.3. The summed E-state index contributed by atoms with van der Waals surface area (Å²) in [6.45, 7) is 13.5. The molecule has 3 heterocycles. The van der Waals surface area contributed by atoms with Crippen molar-refractivity contribution in [3.63, 3.8) is 0 Å². The third kappa shape index (κ3) is 7.14. The lowest BCUT2D eigenvalue weighted by Gasteiger charge is -2.41. The highest BCUT2D eigenvalue weighted by Gasteiger charge is 2.42. The predicted octanol–water partition coefficient (Wildman–Crippen LogP) is 4.21. The van der Waals surface area contributed by atoms with Gasteiger partial charge in [0, 0.05) is 51.7 Å². The molecule has 2 aliphatic rings. The van der Waals surface area contributed by atoms with E-state index in [1.54, 1.807) is 42.6 Å². The minimum atomic E-state index is -1.02. The van der Waals surface area contributed by atoms with Crippen LogP contribution >= 0.6 is 11.6 Å². The van der Waals surface area contributed by atoms with Gasteiger partial charge in [0.1, 0.15) is 11.6 Å². The predicted molar refractivity (Wildman–Crippen MR) is 166 cm³/mol. The van der Waals surface area contributed by atoms with Crippen LogP contribution in [0.5, 0.6) is 0 Å². The van der Waals surface area contributed by atoms with Gasteiger partial charge in [-0.25, -0.2) is 4.98 Å². The molecule has 228 valence electrons. The van der Waals surface area contributed by atoms with Gasteiger partial charge in [0.05, 0.1) is 21.7 Å². The van der Waals surface area contributed by atoms with E-state index in [9.17, 15) is 14.4 Å². The second-order valence-corrected chi connectivity index (χ2v) is 11.7. The first kappa shape index (κ1) is 31.9. The zero-order valence-corrected chi connectivity index (χ0v) is 26.1. The number of carbonyl (C=O) groups excluding carboxylic acids is 3. The molecule has 1 unspecified atom stereocenters. The van der Waals surface area contributed by atoms with Crippen LogP contribution in [0.25, 0.3) is 0 Å². The van der Waals surface area contributed by atoms with Gasteiger partial charge in [0.2, 0.25) is 11.8 Å². The lowest BCUT2D eigenvalue weighted by atomic mass is 9.72. The van der Waals surface area contributed by atoms with Gasteiger partial charge in [-0.3, -0.25) is 24.3 Å². The third-order valence-corrected chi connectivity index (χ3v) is 8.46. The van der Waals surface area contributed by atoms with Crippen LogP contribution in [0.4, 0.5) is 5.82 Å². The molecule has 10 nitrogen and oxygen atoms in total. The zero-order valence-electron chi connectivity index (χ0n) is 25.3. The van der Waals surface area contributed by atoms with Gasteiger partial charge in [0.15, 0.2) is 6.10 Å². The highest BCUT2D eigenvalue weighted by molar-refractivity contribution is 6.30. The van der Waals surface area contributed by atoms with E-state index in [0.717, 1.165) is 11.1 Å². The summed E-state index contributed by atoms with van der Waals surface area (Å²) in [5.41, 5.74) is 1.57. The van der Waals surface area contributed by atoms with Gasteiger partial charge in [-0.2, -0.15) is 0 Å². The summed E-state index contributed by atoms with van der Waals surface area (Å²) in [7, 11) is 1.55. The van der Waals surface area contributed by atoms with Gasteiger partial charge in [-0.05, 0) is 70.0 Å². The fourth-order valence-corrected chi connectivity index (χ4v) is 5.50. The Kier molecular flexibility index (Phi) is 10.0. The van der Waals surface area contributed by atoms with E-state index < -0.39 is 11.5 Å². The summed E-state index contributed by atoms with van der Waals surface area (Å²) in [6.07, 6.45) is 5.87. The molecule has 0 bridgehead atoms. The third-order valence-electron chi connectivity index (χ3n) is 8.23. The SMILES string of the molecule is C=CC(=O)N1CCN(C[C@H](OC2=C(C(=O)NC)CC(C)(C(=O)Nc3ncccc3C)C(C)=C2)c2ccc(Cl)cn2)C[C@H]1C. The Balaban J connectivity index is 1.63. The van der Waals surface area contributed by atoms with Crippen molar-refractivity contribution in [3.8, 4) is 0 Å². The first-order chi connectivity index (χ1) is 20.5. The Hall–Kier alpha value is -4.02. The van der Waals surface area contributed by atoms with Gasteiger partial charge in [-0.15, -0.1) is 0 Å². The van der Waals surface area contributed by atoms with Crippen molar-refractivity contribution in [1.82, 2.24) is 25.1 Å². The highest BCUT2D eigenvalue weighted by atomic mass is 35.5. The van der Waals surface area contributed by atoms with Crippen LogP contribution in [0.2, 0.25) is 5.02 Å². The molecule has 0 radical (unpaired) electrons. The molecule has 4 rings (SSSR count). The van der Waals surface area contributed by atoms with E-state index in [2.05, 4.69) is 32.1 Å². The molecule has 2 aromatic heterocycles. The van der Waals surface area contributed by atoms with Gasteiger partial charge >= 0.3 is 0 Å². The number of rotatable bonds is 9. The lowest BCUT2D eigenvalue weighted by molar-refractivity contribution is -0.130. The molecule has 3 atom stereocenters. The molecular formula is C32H39ClN6O4. The van der Waals surface area contributed by atoms with Crippen LogP contribution in [0.3, 0.4) is 0 Å². The van der Waals surface area contributed by atoms with E-state index in [1.165, 1.54) is 6.08 Å². The number of anilines is 1. The molecule has 1 aliphatic carbocycles. The van der Waals surface area contributed by atoms with E-state index >= 15 is 0 Å². The van der Waals surface area contributed by atoms with Crippen molar-refractivity contribution in [2.75, 3.05) is 38.5 Å². The van der Waals surface area contributed by atoms with E-state index in [0.29, 0.717) is 54.0 Å². The maximum absolute atomic E-state index is 13.6. The Morgan fingerprint density at radius 3 is 2.63 bits per heavy atom. The first-order valence-electron chi connectivity index (χ1n) is 14.3. The number of nitrogens with zero attached hydrogens (tertiary/aromatic N) is 4. The van der Waals surface area contributed by atoms with E-state index in [4.69, 9.17) is 16.3 Å². The Bertz CT molecular complexity index is 1460. The standard InChI is InChI=1S/C32H39ClN6O4/c1-7-28(40)39-14-13-38(18-22(39)4)19-27(25-11-10-23(33)17-36-25)43-26-15-21(3)32(5,16-24(26)30(41)34-6)31(42)37-29-20(2)9-8-12-35-29/h7-12,15,17,22,27H,1,13-14,16,18-19H2,2-6H3,(H,34,41)(H,35,37,42)/t22-,27+,32?/m1/s1. The van der Waals surface area contributed by atoms with Crippen LogP contribution in [0.15, 0.2) is 72.3 Å². The van der Waals surface area contributed by atoms with Crippen LogP contribution in [-0.4, -0.2) is 76.8 Å². The first-order valence-corrected chi connectivity index (χ1v) is 14.6. The number of amides is 3. The molecular weight excluding hydrogens is 568 g/mol. The molecule has 43 heavy (non-hydrogen) atoms. The Labute approximate surface area is 257 Å². The average molecular weight is 607 g/mol. The molecule has 0 saturated carbocycles. The van der Waals surface area contributed by atoms with Crippen molar-refractivity contribution in [2.45, 2.75) is 46.3 Å². The number of likely N-dealkylation sites (N-methyl/N-ethyl adjacent to an activating group) is 1. The summed E-state index contributed by atoms with van der Waals surface area (Å²) in [4.78, 5) is 52.0. The fraction of sp³-hybridized carbons (Fsp3) is 0.406. The fourth-order valence-electron chi connectivity index (χ4n) is 5.39. The number of aromatic nitrogens is 2. The number of hydrogen-bond donors (Lipinski definition) is 2. The van der Waals surface area contributed by atoms with Gasteiger partial charge in [-0.1, -0.05) is 29.8 Å². The molecule has 0 spiro atoms. The van der Waals surface area contributed by atoms with Crippen molar-refractivity contribution in [3.05, 3.63) is 88.6 Å². The number of aryl methyl sites for hydroxylation is 1. The average Bonchev–Trinajstić information content (AvgIpc) is 2.99. The second kappa shape index (κ2) is 13.5. The molecule has 2 aromatic rings. The Morgan fingerprint density at radius 2 is 2.00 bits per heavy atom. The molecule has 1 saturated heterocycles. The van der Waals surface area contributed by atoms with Crippen LogP contribution in [0.1, 0.15) is 44.6 Å². The van der Waals surface area contributed by atoms with Crippen LogP contribution in [0, 0.1) is 12.3 Å². The van der Waals surface area contributed by atoms with E-state index in [1.807, 2.05) is 39.8 Å². The number of halogens is 1. The molecule has 3 amide bonds. The van der Waals surface area contributed by atoms with Crippen LogP contribution < -0.4 is 10.6 Å². The van der Waals surface area contributed by atoms with Crippen molar-refractivity contribution in [2.24, 2.45) is 5.41 Å². The van der Waals surface area contributed by atoms with Crippen molar-refractivity contribution < 1.29 is 19.1 Å². The summed E-state index contributed by atoms with van der Waals surface area (Å²) in [5, 5.41) is 6.14. The number of nitrogens with one attached hydrogen (secondary N) is 2. The normalized spacial score (nSPS) is 21.5. The minimum Gasteiger partial charge on any atom is -0.482 e. The van der Waals surface area contributed by atoms with Crippen LogP contribution in [-0.2, 0) is 19.1 Å². The number of carbonyl (C=O) groups is 3. The molecule has 1 fully saturated rings. The van der Waals surface area contributed by atoms with Crippen molar-refractivity contribution in [1.29, 1.82) is 0 Å². The number of allylic oxidation sites excluding steroid dienone is 1. The summed E-state index contributed by atoms with van der Waals surface area (Å²) in [6, 6.07) is 7.22. The van der Waals surface area contributed by atoms with Crippen molar-refractivity contribution >= 4 is 35.1 Å². The highest BCUT2D eigenvalue weighted by Crippen LogP contribution is 2.42. The molecule has 11 heteroatoms. The monoisotopic (exact) mass is 606 g/mol. The number of ether oxygens (including phenoxy) is 1. The van der Waals surface area contributed by atoms with Gasteiger partial charge < -0.3 is 20.3 Å². The van der Waals surface area contributed by atoms with Gasteiger partial charge in [0.25, 0.3) is 5.91 Å². The summed E-state index contributed by atoms with van der Waals surface area (Å²) >= 11 is 6.14.